The van der Waals surface area contributed by atoms with E-state index in [0.717, 1.165) is 49.7 Å². The Morgan fingerprint density at radius 2 is 0.861 bits per heavy atom. The zero-order chi connectivity index (χ0) is 25.6. The number of carboxylic acid groups (broad SMARTS) is 2. The molecule has 4 heteroatoms. The fourth-order valence-electron chi connectivity index (χ4n) is 6.77. The second-order valence-electron chi connectivity index (χ2n) is 11.5. The smallest absolute Gasteiger partial charge is 0.336 e. The molecule has 2 N–H and O–H groups in total. The monoisotopic (exact) mass is 498 g/mol. The number of aromatic carboxylic acids is 2. The van der Waals surface area contributed by atoms with Crippen LogP contribution in [0.1, 0.15) is 185 Å². The van der Waals surface area contributed by atoms with Gasteiger partial charge in [0, 0.05) is 0 Å². The summed E-state index contributed by atoms with van der Waals surface area (Å²) < 4.78 is 0. The first-order valence-electron chi connectivity index (χ1n) is 15.2. The van der Waals surface area contributed by atoms with Crippen LogP contribution >= 0.6 is 0 Å². The summed E-state index contributed by atoms with van der Waals surface area (Å²) in [6.45, 7) is 0. The summed E-state index contributed by atoms with van der Waals surface area (Å²) in [5.74, 6) is -1.71. The molecule has 2 fully saturated rings. The van der Waals surface area contributed by atoms with Crippen LogP contribution in [0.25, 0.3) is 0 Å². The van der Waals surface area contributed by atoms with E-state index in [0.29, 0.717) is 5.92 Å². The maximum atomic E-state index is 12.6. The van der Waals surface area contributed by atoms with Crippen molar-refractivity contribution < 1.29 is 19.8 Å². The van der Waals surface area contributed by atoms with Crippen LogP contribution in [-0.4, -0.2) is 22.2 Å². The van der Waals surface area contributed by atoms with E-state index in [1.54, 1.807) is 6.07 Å². The summed E-state index contributed by atoms with van der Waals surface area (Å²) in [5.41, 5.74) is 2.10. The number of hydrogen-bond donors (Lipinski definition) is 2. The first-order chi connectivity index (χ1) is 17.6. The van der Waals surface area contributed by atoms with Crippen molar-refractivity contribution in [2.75, 3.05) is 0 Å². The van der Waals surface area contributed by atoms with E-state index in [2.05, 4.69) is 0 Å². The Bertz CT molecular complexity index is 791. The van der Waals surface area contributed by atoms with E-state index >= 15 is 0 Å². The van der Waals surface area contributed by atoms with Gasteiger partial charge in [0.15, 0.2) is 0 Å². The van der Waals surface area contributed by atoms with E-state index in [1.165, 1.54) is 103 Å². The van der Waals surface area contributed by atoms with Gasteiger partial charge in [-0.2, -0.15) is 0 Å². The highest BCUT2D eigenvalue weighted by Crippen LogP contribution is 2.41. The van der Waals surface area contributed by atoms with Crippen LogP contribution in [0.4, 0.5) is 0 Å². The zero-order valence-electron chi connectivity index (χ0n) is 22.6. The summed E-state index contributed by atoms with van der Waals surface area (Å²) >= 11 is 0. The summed E-state index contributed by atoms with van der Waals surface area (Å²) in [6, 6.07) is 3.61. The molecule has 36 heavy (non-hydrogen) atoms. The van der Waals surface area contributed by atoms with Gasteiger partial charge >= 0.3 is 11.9 Å². The van der Waals surface area contributed by atoms with Crippen molar-refractivity contribution >= 4 is 11.9 Å². The van der Waals surface area contributed by atoms with Crippen LogP contribution in [-0.2, 0) is 0 Å². The molecule has 0 amide bonds. The van der Waals surface area contributed by atoms with Crippen LogP contribution < -0.4 is 0 Å². The van der Waals surface area contributed by atoms with Crippen molar-refractivity contribution in [3.63, 3.8) is 0 Å². The van der Waals surface area contributed by atoms with Crippen LogP contribution in [0.3, 0.4) is 0 Å². The molecule has 2 aliphatic rings. The van der Waals surface area contributed by atoms with Gasteiger partial charge < -0.3 is 10.2 Å². The molecule has 2 aliphatic carbocycles. The normalized spacial score (nSPS) is 21.3. The van der Waals surface area contributed by atoms with Crippen LogP contribution in [0.15, 0.2) is 12.1 Å². The van der Waals surface area contributed by atoms with Crippen LogP contribution in [0, 0.1) is 0 Å². The minimum absolute atomic E-state index is 0.0273. The highest BCUT2D eigenvalue weighted by Gasteiger charge is 2.30. The van der Waals surface area contributed by atoms with Crippen LogP contribution in [0.2, 0.25) is 0 Å². The van der Waals surface area contributed by atoms with E-state index in [-0.39, 0.29) is 17.0 Å². The Labute approximate surface area is 219 Å². The number of rotatable bonds is 4. The van der Waals surface area contributed by atoms with E-state index in [4.69, 9.17) is 0 Å². The summed E-state index contributed by atoms with van der Waals surface area (Å²) in [7, 11) is 0. The van der Waals surface area contributed by atoms with Crippen molar-refractivity contribution in [2.45, 2.75) is 153 Å². The van der Waals surface area contributed by atoms with Crippen molar-refractivity contribution in [1.29, 1.82) is 0 Å². The molecule has 0 spiro atoms. The molecule has 202 valence electrons. The van der Waals surface area contributed by atoms with Gasteiger partial charge in [-0.3, -0.25) is 0 Å². The van der Waals surface area contributed by atoms with Gasteiger partial charge in [-0.05, 0) is 54.7 Å². The second kappa shape index (κ2) is 16.1. The molecule has 0 atom stereocenters. The first-order valence-corrected chi connectivity index (χ1v) is 15.2. The van der Waals surface area contributed by atoms with Gasteiger partial charge in [-0.15, -0.1) is 0 Å². The highest BCUT2D eigenvalue weighted by molar-refractivity contribution is 6.03. The molecule has 0 heterocycles. The maximum absolute atomic E-state index is 12.6. The highest BCUT2D eigenvalue weighted by atomic mass is 16.4. The molecule has 0 radical (unpaired) electrons. The number of carboxylic acids is 2. The summed E-state index contributed by atoms with van der Waals surface area (Å²) in [4.78, 5) is 24.8. The fourth-order valence-corrected chi connectivity index (χ4v) is 6.77. The van der Waals surface area contributed by atoms with Gasteiger partial charge in [0.2, 0.25) is 0 Å². The average Bonchev–Trinajstić information content (AvgIpc) is 2.84. The molecule has 4 nitrogen and oxygen atoms in total. The van der Waals surface area contributed by atoms with Gasteiger partial charge in [0.1, 0.15) is 0 Å². The number of benzene rings is 1. The Morgan fingerprint density at radius 1 is 0.500 bits per heavy atom. The van der Waals surface area contributed by atoms with Crippen molar-refractivity contribution in [2.24, 2.45) is 0 Å². The standard InChI is InChI=1S/C32H50O4/c33-31(34)28-24-23-27(25-19-15-11-7-3-1-4-8-12-16-20-25)29(30(28)32(35)36)26-21-17-13-9-5-2-6-10-14-18-22-26/h23-26H,1-22H2,(H,33,34)(H,35,36). The molecule has 3 rings (SSSR count). The lowest BCUT2D eigenvalue weighted by molar-refractivity contribution is 0.0649. The van der Waals surface area contributed by atoms with Gasteiger partial charge in [0.05, 0.1) is 11.1 Å². The molecule has 0 saturated heterocycles. The van der Waals surface area contributed by atoms with Crippen molar-refractivity contribution in [3.8, 4) is 0 Å². The molecular formula is C32H50O4. The van der Waals surface area contributed by atoms with Gasteiger partial charge in [0.25, 0.3) is 0 Å². The zero-order valence-corrected chi connectivity index (χ0v) is 22.6. The average molecular weight is 499 g/mol. The fraction of sp³-hybridized carbons (Fsp3) is 0.750. The third kappa shape index (κ3) is 8.92. The molecule has 0 aromatic heterocycles. The first kappa shape index (κ1) is 28.7. The molecule has 1 aromatic rings. The lowest BCUT2D eigenvalue weighted by Gasteiger charge is -2.29. The third-order valence-electron chi connectivity index (χ3n) is 8.78. The predicted molar refractivity (Wildman–Crippen MR) is 147 cm³/mol. The molecule has 0 aliphatic heterocycles. The van der Waals surface area contributed by atoms with Crippen molar-refractivity contribution in [3.05, 3.63) is 34.4 Å². The quantitative estimate of drug-likeness (QED) is 0.433. The Kier molecular flexibility index (Phi) is 12.8. The largest absolute Gasteiger partial charge is 0.478 e. The minimum atomic E-state index is -1.12. The van der Waals surface area contributed by atoms with E-state index < -0.39 is 11.9 Å². The predicted octanol–water partition coefficient (Wildman–Crippen LogP) is 9.86. The Balaban J connectivity index is 2.00. The van der Waals surface area contributed by atoms with E-state index in [9.17, 15) is 19.8 Å². The number of carbonyl (C=O) groups is 2. The van der Waals surface area contributed by atoms with Crippen molar-refractivity contribution in [1.82, 2.24) is 0 Å². The second-order valence-corrected chi connectivity index (χ2v) is 11.5. The molecular weight excluding hydrogens is 448 g/mol. The van der Waals surface area contributed by atoms with Gasteiger partial charge in [-0.1, -0.05) is 122 Å². The molecule has 1 aromatic carbocycles. The summed E-state index contributed by atoms with van der Waals surface area (Å²) in [6.07, 6.45) is 26.6. The Morgan fingerprint density at radius 3 is 1.22 bits per heavy atom. The SMILES string of the molecule is O=C(O)c1ccc(C2CCCCCCCCCCC2)c(C2CCCCCCCCCCC2)c1C(=O)O. The number of hydrogen-bond acceptors (Lipinski definition) is 2. The lowest BCUT2D eigenvalue weighted by atomic mass is 9.75. The molecule has 0 bridgehead atoms. The third-order valence-corrected chi connectivity index (χ3v) is 8.78. The van der Waals surface area contributed by atoms with Crippen LogP contribution in [0.5, 0.6) is 0 Å². The maximum Gasteiger partial charge on any atom is 0.336 e. The van der Waals surface area contributed by atoms with E-state index in [1.807, 2.05) is 6.07 Å². The van der Waals surface area contributed by atoms with Gasteiger partial charge in [-0.25, -0.2) is 9.59 Å². The Hall–Kier alpha value is -1.84. The summed E-state index contributed by atoms with van der Waals surface area (Å²) in [5, 5.41) is 20.3. The molecule has 2 saturated carbocycles. The topological polar surface area (TPSA) is 74.6 Å². The minimum Gasteiger partial charge on any atom is -0.478 e. The lowest BCUT2D eigenvalue weighted by Crippen LogP contribution is -2.18. The molecule has 0 unspecified atom stereocenters.